The van der Waals surface area contributed by atoms with Crippen molar-refractivity contribution in [3.05, 3.63) is 65.2 Å². The zero-order valence-electron chi connectivity index (χ0n) is 12.6. The summed E-state index contributed by atoms with van der Waals surface area (Å²) in [4.78, 5) is 23.6. The van der Waals surface area contributed by atoms with E-state index in [-0.39, 0.29) is 17.4 Å². The predicted molar refractivity (Wildman–Crippen MR) is 83.6 cm³/mol. The molecule has 2 rings (SSSR count). The number of aromatic carboxylic acids is 1. The molecule has 22 heavy (non-hydrogen) atoms. The van der Waals surface area contributed by atoms with E-state index < -0.39 is 5.97 Å². The number of rotatable bonds is 5. The van der Waals surface area contributed by atoms with Gasteiger partial charge in [-0.3, -0.25) is 4.79 Å². The molecule has 0 radical (unpaired) electrons. The molecule has 0 aliphatic carbocycles. The average molecular weight is 296 g/mol. The molecule has 1 amide bonds. The lowest BCUT2D eigenvalue weighted by Gasteiger charge is -2.18. The molecule has 0 saturated carbocycles. The van der Waals surface area contributed by atoms with E-state index in [0.29, 0.717) is 17.7 Å². The lowest BCUT2D eigenvalue weighted by Crippen LogP contribution is -2.25. The van der Waals surface area contributed by atoms with Crippen LogP contribution in [-0.2, 0) is 4.79 Å². The Bertz CT molecular complexity index is 680. The second kappa shape index (κ2) is 6.89. The quantitative estimate of drug-likeness (QED) is 0.921. The van der Waals surface area contributed by atoms with Crippen LogP contribution in [0.15, 0.2) is 48.5 Å². The molecule has 0 spiro atoms. The lowest BCUT2D eigenvalue weighted by molar-refractivity contribution is -0.255. The van der Waals surface area contributed by atoms with Gasteiger partial charge in [0.25, 0.3) is 0 Å². The van der Waals surface area contributed by atoms with Gasteiger partial charge in [-0.25, -0.2) is 0 Å². The van der Waals surface area contributed by atoms with Crippen molar-refractivity contribution >= 4 is 17.6 Å². The van der Waals surface area contributed by atoms with Crippen molar-refractivity contribution in [3.8, 4) is 0 Å². The zero-order valence-corrected chi connectivity index (χ0v) is 12.6. The molecular formula is C18H18NO3-. The number of carbonyl (C=O) groups is 2. The van der Waals surface area contributed by atoms with Crippen molar-refractivity contribution in [1.82, 2.24) is 0 Å². The Balaban J connectivity index is 2.25. The summed E-state index contributed by atoms with van der Waals surface area (Å²) in [5.74, 6) is -1.66. The summed E-state index contributed by atoms with van der Waals surface area (Å²) >= 11 is 0. The van der Waals surface area contributed by atoms with Gasteiger partial charge in [0.1, 0.15) is 0 Å². The first-order chi connectivity index (χ1) is 10.5. The van der Waals surface area contributed by atoms with Gasteiger partial charge in [0.15, 0.2) is 0 Å². The first-order valence-corrected chi connectivity index (χ1v) is 7.21. The van der Waals surface area contributed by atoms with Gasteiger partial charge < -0.3 is 15.2 Å². The topological polar surface area (TPSA) is 69.2 Å². The van der Waals surface area contributed by atoms with Gasteiger partial charge in [-0.05, 0) is 30.5 Å². The number of carboxylic acids is 1. The summed E-state index contributed by atoms with van der Waals surface area (Å²) in [6, 6.07) is 14.3. The van der Waals surface area contributed by atoms with E-state index in [1.54, 1.807) is 19.1 Å². The van der Waals surface area contributed by atoms with Crippen molar-refractivity contribution in [1.29, 1.82) is 0 Å². The summed E-state index contributed by atoms with van der Waals surface area (Å²) in [6.45, 7) is 3.60. The Morgan fingerprint density at radius 1 is 1.09 bits per heavy atom. The highest BCUT2D eigenvalue weighted by atomic mass is 16.4. The summed E-state index contributed by atoms with van der Waals surface area (Å²) < 4.78 is 0. The van der Waals surface area contributed by atoms with Crippen LogP contribution in [0.4, 0.5) is 5.69 Å². The van der Waals surface area contributed by atoms with Crippen molar-refractivity contribution in [3.63, 3.8) is 0 Å². The van der Waals surface area contributed by atoms with Gasteiger partial charge in [0, 0.05) is 11.3 Å². The molecule has 2 aromatic rings. The first kappa shape index (κ1) is 15.8. The second-order valence-electron chi connectivity index (χ2n) is 5.13. The third-order valence-electron chi connectivity index (χ3n) is 3.74. The highest BCUT2D eigenvalue weighted by Gasteiger charge is 2.19. The lowest BCUT2D eigenvalue weighted by atomic mass is 9.95. The van der Waals surface area contributed by atoms with Crippen LogP contribution in [0.2, 0.25) is 0 Å². The molecular weight excluding hydrogens is 278 g/mol. The third-order valence-corrected chi connectivity index (χ3v) is 3.74. The summed E-state index contributed by atoms with van der Waals surface area (Å²) in [6.07, 6.45) is 0.662. The van der Waals surface area contributed by atoms with Crippen LogP contribution < -0.4 is 10.4 Å². The second-order valence-corrected chi connectivity index (χ2v) is 5.13. The fraction of sp³-hybridized carbons (Fsp3) is 0.222. The maximum Gasteiger partial charge on any atom is 0.231 e. The number of hydrogen-bond donors (Lipinski definition) is 1. The molecule has 114 valence electrons. The van der Waals surface area contributed by atoms with Crippen LogP contribution in [0, 0.1) is 6.92 Å². The molecule has 4 nitrogen and oxygen atoms in total. The Morgan fingerprint density at radius 3 is 2.36 bits per heavy atom. The Hall–Kier alpha value is -2.62. The van der Waals surface area contributed by atoms with Crippen molar-refractivity contribution in [2.24, 2.45) is 0 Å². The van der Waals surface area contributed by atoms with Crippen molar-refractivity contribution in [2.45, 2.75) is 26.2 Å². The van der Waals surface area contributed by atoms with E-state index in [0.717, 1.165) is 5.56 Å². The summed E-state index contributed by atoms with van der Waals surface area (Å²) in [5, 5.41) is 13.9. The Morgan fingerprint density at radius 2 is 1.77 bits per heavy atom. The maximum absolute atomic E-state index is 12.5. The van der Waals surface area contributed by atoms with E-state index in [1.807, 2.05) is 37.3 Å². The SMILES string of the molecule is CC[C@@H](C(=O)Nc1cccc(C(=O)[O-])c1C)c1ccccc1. The van der Waals surface area contributed by atoms with Gasteiger partial charge in [0.05, 0.1) is 11.9 Å². The van der Waals surface area contributed by atoms with Gasteiger partial charge >= 0.3 is 0 Å². The van der Waals surface area contributed by atoms with E-state index in [1.165, 1.54) is 6.07 Å². The smallest absolute Gasteiger partial charge is 0.231 e. The molecule has 0 aliphatic heterocycles. The molecule has 0 heterocycles. The number of hydrogen-bond acceptors (Lipinski definition) is 3. The number of anilines is 1. The molecule has 0 fully saturated rings. The maximum atomic E-state index is 12.5. The average Bonchev–Trinajstić information content (AvgIpc) is 2.51. The molecule has 4 heteroatoms. The monoisotopic (exact) mass is 296 g/mol. The standard InChI is InChI=1S/C18H19NO3/c1-3-14(13-8-5-4-6-9-13)17(20)19-16-11-7-10-15(12(16)2)18(21)22/h4-11,14H,3H2,1-2H3,(H,19,20)(H,21,22)/p-1/t14-/m1/s1. The van der Waals surface area contributed by atoms with Gasteiger partial charge in [-0.1, -0.05) is 49.4 Å². The highest BCUT2D eigenvalue weighted by Crippen LogP contribution is 2.24. The van der Waals surface area contributed by atoms with Crippen LogP contribution in [0.1, 0.15) is 40.7 Å². The van der Waals surface area contributed by atoms with Crippen LogP contribution in [0.25, 0.3) is 0 Å². The predicted octanol–water partition coefficient (Wildman–Crippen LogP) is 2.49. The van der Waals surface area contributed by atoms with Crippen LogP contribution in [-0.4, -0.2) is 11.9 Å². The Labute approximate surface area is 129 Å². The van der Waals surface area contributed by atoms with Crippen molar-refractivity contribution in [2.75, 3.05) is 5.32 Å². The largest absolute Gasteiger partial charge is 0.545 e. The first-order valence-electron chi connectivity index (χ1n) is 7.21. The minimum atomic E-state index is -1.25. The summed E-state index contributed by atoms with van der Waals surface area (Å²) in [5.41, 5.74) is 2.03. The fourth-order valence-electron chi connectivity index (χ4n) is 2.47. The molecule has 1 atom stereocenters. The molecule has 0 aromatic heterocycles. The van der Waals surface area contributed by atoms with Gasteiger partial charge in [-0.2, -0.15) is 0 Å². The minimum absolute atomic E-state index is 0.0885. The molecule has 1 N–H and O–H groups in total. The minimum Gasteiger partial charge on any atom is -0.545 e. The molecule has 0 saturated heterocycles. The van der Waals surface area contributed by atoms with E-state index in [2.05, 4.69) is 5.32 Å². The highest BCUT2D eigenvalue weighted by molar-refractivity contribution is 5.98. The zero-order chi connectivity index (χ0) is 16.1. The molecule has 0 aliphatic rings. The third kappa shape index (κ3) is 3.34. The molecule has 2 aromatic carbocycles. The van der Waals surface area contributed by atoms with E-state index >= 15 is 0 Å². The van der Waals surface area contributed by atoms with Crippen molar-refractivity contribution < 1.29 is 14.7 Å². The van der Waals surface area contributed by atoms with Gasteiger partial charge in [0.2, 0.25) is 5.91 Å². The Kier molecular flexibility index (Phi) is 4.94. The number of carboxylic acid groups (broad SMARTS) is 1. The van der Waals surface area contributed by atoms with E-state index in [4.69, 9.17) is 0 Å². The van der Waals surface area contributed by atoms with Crippen LogP contribution in [0.3, 0.4) is 0 Å². The van der Waals surface area contributed by atoms with Crippen LogP contribution >= 0.6 is 0 Å². The number of amides is 1. The fourth-order valence-corrected chi connectivity index (χ4v) is 2.47. The molecule has 0 bridgehead atoms. The number of carbonyl (C=O) groups excluding carboxylic acids is 2. The van der Waals surface area contributed by atoms with E-state index in [9.17, 15) is 14.7 Å². The normalized spacial score (nSPS) is 11.7. The van der Waals surface area contributed by atoms with Crippen LogP contribution in [0.5, 0.6) is 0 Å². The summed E-state index contributed by atoms with van der Waals surface area (Å²) in [7, 11) is 0. The number of benzene rings is 2. The van der Waals surface area contributed by atoms with Gasteiger partial charge in [-0.15, -0.1) is 0 Å². The molecule has 0 unspecified atom stereocenters. The number of nitrogens with one attached hydrogen (secondary N) is 1.